The molecule has 0 unspecified atom stereocenters. The molecule has 3 rings (SSSR count). The Bertz CT molecular complexity index is 845. The van der Waals surface area contributed by atoms with Crippen LogP contribution in [0.1, 0.15) is 36.6 Å². The van der Waals surface area contributed by atoms with Gasteiger partial charge in [-0.2, -0.15) is 0 Å². The number of amides is 1. The number of nitrogens with two attached hydrogens (primary N) is 1. The summed E-state index contributed by atoms with van der Waals surface area (Å²) in [5.74, 6) is 0.929. The molecule has 0 radical (unpaired) electrons. The van der Waals surface area contributed by atoms with Crippen molar-refractivity contribution in [3.8, 4) is 0 Å². The van der Waals surface area contributed by atoms with Crippen LogP contribution in [0, 0.1) is 5.92 Å². The lowest BCUT2D eigenvalue weighted by atomic mass is 10.1. The van der Waals surface area contributed by atoms with Crippen molar-refractivity contribution in [2.75, 3.05) is 7.05 Å². The molecule has 3 atom stereocenters. The van der Waals surface area contributed by atoms with E-state index in [1.54, 1.807) is 30.3 Å². The molecule has 1 heterocycles. The van der Waals surface area contributed by atoms with Gasteiger partial charge < -0.3 is 9.32 Å². The van der Waals surface area contributed by atoms with Crippen LogP contribution in [0.25, 0.3) is 0 Å². The minimum Gasteiger partial charge on any atom is -0.469 e. The van der Waals surface area contributed by atoms with Gasteiger partial charge in [-0.25, -0.2) is 13.6 Å². The van der Waals surface area contributed by atoms with E-state index in [0.717, 1.165) is 17.7 Å². The highest BCUT2D eigenvalue weighted by molar-refractivity contribution is 7.89. The van der Waals surface area contributed by atoms with Crippen LogP contribution in [0.4, 0.5) is 0 Å². The second kappa shape index (κ2) is 6.07. The predicted molar refractivity (Wildman–Crippen MR) is 88.6 cm³/mol. The molecular weight excluding hydrogens is 328 g/mol. The monoisotopic (exact) mass is 348 g/mol. The SMILES string of the molecule is C[C@H](c1cccc(S(N)(=O)=O)c1)N(C)C(=O)[C@@H]1C[C@H]1c1ccco1. The van der Waals surface area contributed by atoms with Crippen molar-refractivity contribution < 1.29 is 17.6 Å². The zero-order valence-corrected chi connectivity index (χ0v) is 14.4. The molecule has 0 bridgehead atoms. The van der Waals surface area contributed by atoms with Crippen molar-refractivity contribution in [2.45, 2.75) is 30.2 Å². The first kappa shape index (κ1) is 16.7. The van der Waals surface area contributed by atoms with E-state index in [-0.39, 0.29) is 28.7 Å². The summed E-state index contributed by atoms with van der Waals surface area (Å²) < 4.78 is 28.3. The van der Waals surface area contributed by atoms with Gasteiger partial charge in [0.25, 0.3) is 0 Å². The summed E-state index contributed by atoms with van der Waals surface area (Å²) in [6.45, 7) is 1.87. The molecular formula is C17H20N2O4S. The predicted octanol–water partition coefficient (Wildman–Crippen LogP) is 2.25. The third-order valence-electron chi connectivity index (χ3n) is 4.61. The molecule has 7 heteroatoms. The number of primary sulfonamides is 1. The molecule has 1 fully saturated rings. The number of carbonyl (C=O) groups is 1. The second-order valence-corrected chi connectivity index (χ2v) is 7.77. The number of hydrogen-bond donors (Lipinski definition) is 1. The lowest BCUT2D eigenvalue weighted by Gasteiger charge is -2.26. The van der Waals surface area contributed by atoms with Gasteiger partial charge in [0.2, 0.25) is 15.9 Å². The summed E-state index contributed by atoms with van der Waals surface area (Å²) >= 11 is 0. The maximum Gasteiger partial charge on any atom is 0.238 e. The molecule has 0 spiro atoms. The van der Waals surface area contributed by atoms with E-state index in [1.165, 1.54) is 12.1 Å². The van der Waals surface area contributed by atoms with E-state index in [4.69, 9.17) is 9.56 Å². The normalized spacial score (nSPS) is 21.3. The van der Waals surface area contributed by atoms with Gasteiger partial charge in [-0.1, -0.05) is 12.1 Å². The first-order chi connectivity index (χ1) is 11.3. The fraction of sp³-hybridized carbons (Fsp3) is 0.353. The highest BCUT2D eigenvalue weighted by Gasteiger charge is 2.47. The van der Waals surface area contributed by atoms with Crippen LogP contribution in [-0.2, 0) is 14.8 Å². The summed E-state index contributed by atoms with van der Waals surface area (Å²) in [5.41, 5.74) is 0.729. The van der Waals surface area contributed by atoms with Gasteiger partial charge in [0.15, 0.2) is 0 Å². The van der Waals surface area contributed by atoms with Gasteiger partial charge in [-0.3, -0.25) is 4.79 Å². The van der Waals surface area contributed by atoms with Crippen LogP contribution in [0.5, 0.6) is 0 Å². The second-order valence-electron chi connectivity index (χ2n) is 6.21. The number of sulfonamides is 1. The molecule has 1 saturated carbocycles. The Morgan fingerprint density at radius 1 is 1.33 bits per heavy atom. The van der Waals surface area contributed by atoms with Crippen LogP contribution in [-0.4, -0.2) is 26.3 Å². The zero-order chi connectivity index (χ0) is 17.5. The molecule has 128 valence electrons. The number of nitrogens with zero attached hydrogens (tertiary/aromatic N) is 1. The molecule has 2 N–H and O–H groups in total. The topological polar surface area (TPSA) is 93.6 Å². The maximum atomic E-state index is 12.6. The molecule has 1 aliphatic carbocycles. The standard InChI is InChI=1S/C17H20N2O4S/c1-11(12-5-3-6-13(9-12)24(18,21)22)19(2)17(20)15-10-14(15)16-7-4-8-23-16/h3-9,11,14-15H,10H2,1-2H3,(H2,18,21,22)/t11-,14-,15-/m1/s1. The van der Waals surface area contributed by atoms with E-state index in [9.17, 15) is 13.2 Å². The van der Waals surface area contributed by atoms with E-state index in [1.807, 2.05) is 19.1 Å². The average molecular weight is 348 g/mol. The Balaban J connectivity index is 1.73. The Morgan fingerprint density at radius 2 is 2.08 bits per heavy atom. The van der Waals surface area contributed by atoms with Gasteiger partial charge in [0, 0.05) is 18.9 Å². The Labute approximate surface area is 141 Å². The summed E-state index contributed by atoms with van der Waals surface area (Å²) in [7, 11) is -2.03. The average Bonchev–Trinajstić information content (AvgIpc) is 3.17. The molecule has 1 aliphatic rings. The van der Waals surface area contributed by atoms with Crippen LogP contribution in [0.3, 0.4) is 0 Å². The van der Waals surface area contributed by atoms with Gasteiger partial charge in [-0.15, -0.1) is 0 Å². The summed E-state index contributed by atoms with van der Waals surface area (Å²) in [6.07, 6.45) is 2.39. The molecule has 2 aromatic rings. The smallest absolute Gasteiger partial charge is 0.238 e. The zero-order valence-electron chi connectivity index (χ0n) is 13.5. The van der Waals surface area contributed by atoms with Crippen LogP contribution in [0.15, 0.2) is 52.0 Å². The van der Waals surface area contributed by atoms with Gasteiger partial charge >= 0.3 is 0 Å². The molecule has 1 aromatic heterocycles. The van der Waals surface area contributed by atoms with Crippen LogP contribution in [0.2, 0.25) is 0 Å². The van der Waals surface area contributed by atoms with Crippen molar-refractivity contribution >= 4 is 15.9 Å². The van der Waals surface area contributed by atoms with Gasteiger partial charge in [0.1, 0.15) is 5.76 Å². The van der Waals surface area contributed by atoms with Crippen molar-refractivity contribution in [3.63, 3.8) is 0 Å². The van der Waals surface area contributed by atoms with Gasteiger partial charge in [-0.05, 0) is 43.2 Å². The molecule has 0 saturated heterocycles. The molecule has 1 aromatic carbocycles. The van der Waals surface area contributed by atoms with E-state index in [2.05, 4.69) is 0 Å². The Kier molecular flexibility index (Phi) is 4.23. The number of hydrogen-bond acceptors (Lipinski definition) is 4. The summed E-state index contributed by atoms with van der Waals surface area (Å²) in [6, 6.07) is 9.84. The molecule has 6 nitrogen and oxygen atoms in total. The minimum absolute atomic E-state index is 0.0323. The number of rotatable bonds is 5. The number of benzene rings is 1. The molecule has 24 heavy (non-hydrogen) atoms. The third kappa shape index (κ3) is 3.22. The van der Waals surface area contributed by atoms with E-state index in [0.29, 0.717) is 0 Å². The van der Waals surface area contributed by atoms with Gasteiger partial charge in [0.05, 0.1) is 17.2 Å². The number of carbonyl (C=O) groups excluding carboxylic acids is 1. The van der Waals surface area contributed by atoms with Crippen molar-refractivity contribution in [3.05, 3.63) is 54.0 Å². The van der Waals surface area contributed by atoms with Crippen molar-refractivity contribution in [1.29, 1.82) is 0 Å². The Morgan fingerprint density at radius 3 is 2.71 bits per heavy atom. The lowest BCUT2D eigenvalue weighted by Crippen LogP contribution is -2.31. The number of furan rings is 1. The van der Waals surface area contributed by atoms with Crippen LogP contribution < -0.4 is 5.14 Å². The summed E-state index contributed by atoms with van der Waals surface area (Å²) in [4.78, 5) is 14.3. The third-order valence-corrected chi connectivity index (χ3v) is 5.52. The summed E-state index contributed by atoms with van der Waals surface area (Å²) in [5, 5.41) is 5.17. The lowest BCUT2D eigenvalue weighted by molar-refractivity contribution is -0.133. The highest BCUT2D eigenvalue weighted by atomic mass is 32.2. The minimum atomic E-state index is -3.76. The molecule has 0 aliphatic heterocycles. The van der Waals surface area contributed by atoms with Crippen molar-refractivity contribution in [1.82, 2.24) is 4.90 Å². The fourth-order valence-corrected chi connectivity index (χ4v) is 3.48. The maximum absolute atomic E-state index is 12.6. The Hall–Kier alpha value is -2.12. The highest BCUT2D eigenvalue weighted by Crippen LogP contribution is 2.49. The van der Waals surface area contributed by atoms with Crippen LogP contribution >= 0.6 is 0 Å². The largest absolute Gasteiger partial charge is 0.469 e. The fourth-order valence-electron chi connectivity index (χ4n) is 2.91. The van der Waals surface area contributed by atoms with E-state index < -0.39 is 10.0 Å². The molecule has 1 amide bonds. The quantitative estimate of drug-likeness (QED) is 0.897. The van der Waals surface area contributed by atoms with Crippen molar-refractivity contribution in [2.24, 2.45) is 11.1 Å². The van der Waals surface area contributed by atoms with E-state index >= 15 is 0 Å². The first-order valence-corrected chi connectivity index (χ1v) is 9.26. The first-order valence-electron chi connectivity index (χ1n) is 7.72.